The predicted molar refractivity (Wildman–Crippen MR) is 108 cm³/mol. The SMILES string of the molecule is Cc1csc(S[C@@H](C)C(=O)Nc2ccc(OCc3ccccc3)cc2)n1. The molecule has 3 rings (SSSR count). The molecular formula is C20H20N2O2S2. The van der Waals surface area contributed by atoms with Gasteiger partial charge in [-0.3, -0.25) is 4.79 Å². The van der Waals surface area contributed by atoms with Crippen LogP contribution in [-0.4, -0.2) is 16.1 Å². The molecule has 1 heterocycles. The zero-order chi connectivity index (χ0) is 18.4. The van der Waals surface area contributed by atoms with Crippen LogP contribution in [0.3, 0.4) is 0 Å². The fourth-order valence-corrected chi connectivity index (χ4v) is 4.20. The molecule has 134 valence electrons. The van der Waals surface area contributed by atoms with Gasteiger partial charge in [0.2, 0.25) is 5.91 Å². The summed E-state index contributed by atoms with van der Waals surface area (Å²) in [5, 5.41) is 4.71. The summed E-state index contributed by atoms with van der Waals surface area (Å²) in [5.41, 5.74) is 2.86. The Morgan fingerprint density at radius 2 is 1.92 bits per heavy atom. The Hall–Kier alpha value is -2.31. The van der Waals surface area contributed by atoms with Gasteiger partial charge in [0.15, 0.2) is 4.34 Å². The maximum Gasteiger partial charge on any atom is 0.237 e. The number of aryl methyl sites for hydroxylation is 1. The number of carbonyl (C=O) groups is 1. The molecule has 6 heteroatoms. The Morgan fingerprint density at radius 1 is 1.19 bits per heavy atom. The standard InChI is InChI=1S/C20H20N2O2S2/c1-14-13-25-20(21-14)26-15(2)19(23)22-17-8-10-18(11-9-17)24-12-16-6-4-3-5-7-16/h3-11,13,15H,12H2,1-2H3,(H,22,23)/t15-/m0/s1. The molecule has 0 saturated carbocycles. The summed E-state index contributed by atoms with van der Waals surface area (Å²) in [4.78, 5) is 16.7. The number of carbonyl (C=O) groups excluding carboxylic acids is 1. The topological polar surface area (TPSA) is 51.2 Å². The highest BCUT2D eigenvalue weighted by Gasteiger charge is 2.16. The highest BCUT2D eigenvalue weighted by atomic mass is 32.2. The van der Waals surface area contributed by atoms with E-state index >= 15 is 0 Å². The molecule has 26 heavy (non-hydrogen) atoms. The minimum absolute atomic E-state index is 0.0409. The molecule has 3 aromatic rings. The smallest absolute Gasteiger partial charge is 0.237 e. The van der Waals surface area contributed by atoms with Gasteiger partial charge in [-0.25, -0.2) is 4.98 Å². The molecule has 0 radical (unpaired) electrons. The third kappa shape index (κ3) is 5.34. The van der Waals surface area contributed by atoms with Crippen molar-refractivity contribution in [1.82, 2.24) is 4.98 Å². The minimum atomic E-state index is -0.213. The van der Waals surface area contributed by atoms with Crippen molar-refractivity contribution in [3.63, 3.8) is 0 Å². The first-order valence-corrected chi connectivity index (χ1v) is 10.0. The summed E-state index contributed by atoms with van der Waals surface area (Å²) in [6.45, 7) is 4.36. The number of hydrogen-bond donors (Lipinski definition) is 1. The van der Waals surface area contributed by atoms with Crippen LogP contribution in [0.4, 0.5) is 5.69 Å². The molecular weight excluding hydrogens is 364 g/mol. The van der Waals surface area contributed by atoms with Gasteiger partial charge in [0.25, 0.3) is 0 Å². The minimum Gasteiger partial charge on any atom is -0.489 e. The maximum atomic E-state index is 12.3. The second kappa shape index (κ2) is 8.87. The van der Waals surface area contributed by atoms with Gasteiger partial charge in [-0.15, -0.1) is 11.3 Å². The summed E-state index contributed by atoms with van der Waals surface area (Å²) in [7, 11) is 0. The summed E-state index contributed by atoms with van der Waals surface area (Å²) in [6, 6.07) is 17.4. The van der Waals surface area contributed by atoms with Crippen LogP contribution >= 0.6 is 23.1 Å². The number of rotatable bonds is 7. The number of nitrogens with one attached hydrogen (secondary N) is 1. The number of hydrogen-bond acceptors (Lipinski definition) is 5. The molecule has 0 saturated heterocycles. The largest absolute Gasteiger partial charge is 0.489 e. The van der Waals surface area contributed by atoms with Crippen molar-refractivity contribution in [3.8, 4) is 5.75 Å². The van der Waals surface area contributed by atoms with Crippen LogP contribution < -0.4 is 10.1 Å². The van der Waals surface area contributed by atoms with E-state index in [-0.39, 0.29) is 11.2 Å². The number of nitrogens with zero attached hydrogens (tertiary/aromatic N) is 1. The number of aromatic nitrogens is 1. The van der Waals surface area contributed by atoms with Crippen molar-refractivity contribution < 1.29 is 9.53 Å². The number of amides is 1. The average molecular weight is 385 g/mol. The van der Waals surface area contributed by atoms with Gasteiger partial charge in [-0.2, -0.15) is 0 Å². The van der Waals surface area contributed by atoms with Crippen molar-refractivity contribution in [2.24, 2.45) is 0 Å². The molecule has 0 aliphatic rings. The Balaban J connectivity index is 1.50. The van der Waals surface area contributed by atoms with Crippen LogP contribution in [0, 0.1) is 6.92 Å². The zero-order valence-electron chi connectivity index (χ0n) is 14.6. The molecule has 1 N–H and O–H groups in total. The lowest BCUT2D eigenvalue weighted by Gasteiger charge is -2.11. The second-order valence-electron chi connectivity index (χ2n) is 5.80. The lowest BCUT2D eigenvalue weighted by Crippen LogP contribution is -2.22. The summed E-state index contributed by atoms with van der Waals surface area (Å²) in [5.74, 6) is 0.730. The Bertz CT molecular complexity index is 848. The number of thiazole rings is 1. The van der Waals surface area contributed by atoms with E-state index in [0.29, 0.717) is 6.61 Å². The van der Waals surface area contributed by atoms with E-state index in [2.05, 4.69) is 10.3 Å². The number of anilines is 1. The van der Waals surface area contributed by atoms with E-state index in [9.17, 15) is 4.79 Å². The first-order chi connectivity index (χ1) is 12.6. The van der Waals surface area contributed by atoms with Gasteiger partial charge in [-0.1, -0.05) is 42.1 Å². The third-order valence-corrected chi connectivity index (χ3v) is 5.80. The lowest BCUT2D eigenvalue weighted by molar-refractivity contribution is -0.115. The summed E-state index contributed by atoms with van der Waals surface area (Å²) >= 11 is 3.03. The Kier molecular flexibility index (Phi) is 6.30. The molecule has 0 spiro atoms. The van der Waals surface area contributed by atoms with Crippen molar-refractivity contribution in [2.75, 3.05) is 5.32 Å². The molecule has 0 aliphatic carbocycles. The molecule has 0 unspecified atom stereocenters. The maximum absolute atomic E-state index is 12.3. The van der Waals surface area contributed by atoms with Crippen LogP contribution in [-0.2, 0) is 11.4 Å². The van der Waals surface area contributed by atoms with Crippen molar-refractivity contribution in [2.45, 2.75) is 30.0 Å². The molecule has 0 fully saturated rings. The molecule has 0 bridgehead atoms. The van der Waals surface area contributed by atoms with Crippen LogP contribution in [0.2, 0.25) is 0 Å². The van der Waals surface area contributed by atoms with E-state index in [4.69, 9.17) is 4.74 Å². The molecule has 4 nitrogen and oxygen atoms in total. The average Bonchev–Trinajstić information content (AvgIpc) is 3.06. The monoisotopic (exact) mass is 384 g/mol. The normalized spacial score (nSPS) is 11.8. The highest BCUT2D eigenvalue weighted by molar-refractivity contribution is 8.02. The van der Waals surface area contributed by atoms with Crippen LogP contribution in [0.15, 0.2) is 64.3 Å². The highest BCUT2D eigenvalue weighted by Crippen LogP contribution is 2.27. The summed E-state index contributed by atoms with van der Waals surface area (Å²) < 4.78 is 6.67. The number of thioether (sulfide) groups is 1. The second-order valence-corrected chi connectivity index (χ2v) is 8.25. The number of ether oxygens (including phenoxy) is 1. The van der Waals surface area contributed by atoms with Gasteiger partial charge in [0.05, 0.1) is 5.25 Å². The summed E-state index contributed by atoms with van der Waals surface area (Å²) in [6.07, 6.45) is 0. The van der Waals surface area contributed by atoms with Crippen molar-refractivity contribution in [1.29, 1.82) is 0 Å². The molecule has 2 aromatic carbocycles. The zero-order valence-corrected chi connectivity index (χ0v) is 16.3. The van der Waals surface area contributed by atoms with E-state index in [1.54, 1.807) is 11.3 Å². The van der Waals surface area contributed by atoms with Gasteiger partial charge in [-0.05, 0) is 43.7 Å². The van der Waals surface area contributed by atoms with Gasteiger partial charge < -0.3 is 10.1 Å². The fraction of sp³-hybridized carbons (Fsp3) is 0.200. The van der Waals surface area contributed by atoms with Gasteiger partial charge in [0.1, 0.15) is 12.4 Å². The molecule has 0 aliphatic heterocycles. The molecule has 1 atom stereocenters. The molecule has 1 aromatic heterocycles. The number of benzene rings is 2. The van der Waals surface area contributed by atoms with E-state index < -0.39 is 0 Å². The first kappa shape index (κ1) is 18.5. The fourth-order valence-electron chi connectivity index (χ4n) is 2.21. The van der Waals surface area contributed by atoms with E-state index in [1.165, 1.54) is 11.8 Å². The first-order valence-electron chi connectivity index (χ1n) is 8.26. The van der Waals surface area contributed by atoms with Crippen molar-refractivity contribution >= 4 is 34.7 Å². The van der Waals surface area contributed by atoms with E-state index in [0.717, 1.165) is 27.0 Å². The predicted octanol–water partition coefficient (Wildman–Crippen LogP) is 5.15. The van der Waals surface area contributed by atoms with E-state index in [1.807, 2.05) is 73.8 Å². The van der Waals surface area contributed by atoms with Gasteiger partial charge >= 0.3 is 0 Å². The Morgan fingerprint density at radius 3 is 2.58 bits per heavy atom. The van der Waals surface area contributed by atoms with Crippen molar-refractivity contribution in [3.05, 3.63) is 71.2 Å². The lowest BCUT2D eigenvalue weighted by atomic mass is 10.2. The van der Waals surface area contributed by atoms with Crippen LogP contribution in [0.1, 0.15) is 18.2 Å². The Labute approximate surface area is 161 Å². The van der Waals surface area contributed by atoms with Gasteiger partial charge in [0, 0.05) is 16.8 Å². The van der Waals surface area contributed by atoms with Crippen LogP contribution in [0.5, 0.6) is 5.75 Å². The third-order valence-electron chi connectivity index (χ3n) is 3.61. The quantitative estimate of drug-likeness (QED) is 0.572. The van der Waals surface area contributed by atoms with Crippen LogP contribution in [0.25, 0.3) is 0 Å². The molecule has 1 amide bonds.